The number of thiocarbonyl (C=S) groups is 1. The number of rotatable bonds is 3. The molecule has 16 heavy (non-hydrogen) atoms. The van der Waals surface area contributed by atoms with Crippen LogP contribution >= 0.6 is 39.5 Å². The molecule has 0 saturated carbocycles. The Hall–Kier alpha value is 0.0300. The smallest absolute Gasteiger partial charge is 0.0771 e. The number of hydrogen-bond acceptors (Lipinski definition) is 3. The molecule has 0 amide bonds. The molecule has 0 spiro atoms. The van der Waals surface area contributed by atoms with Crippen molar-refractivity contribution in [2.75, 3.05) is 13.1 Å². The summed E-state index contributed by atoms with van der Waals surface area (Å²) >= 11 is 10.4. The van der Waals surface area contributed by atoms with Gasteiger partial charge in [0.25, 0.3) is 0 Å². The first-order chi connectivity index (χ1) is 7.65. The van der Waals surface area contributed by atoms with Crippen molar-refractivity contribution in [3.8, 4) is 0 Å². The highest BCUT2D eigenvalue weighted by molar-refractivity contribution is 9.11. The Morgan fingerprint density at radius 1 is 1.62 bits per heavy atom. The zero-order chi connectivity index (χ0) is 11.5. The minimum atomic E-state index is 0.409. The summed E-state index contributed by atoms with van der Waals surface area (Å²) in [6.07, 6.45) is 2.36. The van der Waals surface area contributed by atoms with Crippen LogP contribution in [0.15, 0.2) is 15.9 Å². The number of hydrogen-bond donors (Lipinski definition) is 1. The first kappa shape index (κ1) is 12.5. The first-order valence-corrected chi connectivity index (χ1v) is 7.43. The molecule has 1 aromatic rings. The second-order valence-corrected chi connectivity index (χ2v) is 7.20. The van der Waals surface area contributed by atoms with E-state index in [0.717, 1.165) is 26.1 Å². The molecule has 1 atom stereocenters. The van der Waals surface area contributed by atoms with Crippen molar-refractivity contribution in [2.45, 2.75) is 19.4 Å². The maximum absolute atomic E-state index is 5.73. The topological polar surface area (TPSA) is 29.3 Å². The van der Waals surface area contributed by atoms with E-state index >= 15 is 0 Å². The molecule has 5 heteroatoms. The van der Waals surface area contributed by atoms with E-state index in [1.54, 1.807) is 11.3 Å². The first-order valence-electron chi connectivity index (χ1n) is 5.41. The van der Waals surface area contributed by atoms with Crippen molar-refractivity contribution in [3.63, 3.8) is 0 Å². The summed E-state index contributed by atoms with van der Waals surface area (Å²) in [6, 6.07) is 4.29. The molecule has 2 heterocycles. The molecule has 0 aromatic carbocycles. The van der Waals surface area contributed by atoms with Crippen LogP contribution in [-0.4, -0.2) is 23.0 Å². The number of piperidine rings is 1. The fourth-order valence-corrected chi connectivity index (χ4v) is 3.81. The van der Waals surface area contributed by atoms with Gasteiger partial charge in [-0.15, -0.1) is 11.3 Å². The molecule has 0 bridgehead atoms. The average Bonchev–Trinajstić information content (AvgIpc) is 2.64. The van der Waals surface area contributed by atoms with Gasteiger partial charge in [0.2, 0.25) is 0 Å². The van der Waals surface area contributed by atoms with Crippen LogP contribution in [0.3, 0.4) is 0 Å². The van der Waals surface area contributed by atoms with Gasteiger partial charge in [0, 0.05) is 23.9 Å². The molecule has 2 rings (SSSR count). The summed E-state index contributed by atoms with van der Waals surface area (Å²) in [4.78, 5) is 4.53. The summed E-state index contributed by atoms with van der Waals surface area (Å²) in [5, 5.41) is 0. The standard InChI is InChI=1S/C11H15BrN2S2/c12-10-4-3-9(16-10)7-14-5-1-2-8(6-14)11(13)15/h3-4,8H,1-2,5-7H2,(H2,13,15). The van der Waals surface area contributed by atoms with Gasteiger partial charge in [-0.1, -0.05) is 12.2 Å². The van der Waals surface area contributed by atoms with Crippen LogP contribution in [0.5, 0.6) is 0 Å². The molecule has 0 radical (unpaired) electrons. The molecule has 0 aliphatic carbocycles. The van der Waals surface area contributed by atoms with Crippen LogP contribution in [0.4, 0.5) is 0 Å². The monoisotopic (exact) mass is 318 g/mol. The quantitative estimate of drug-likeness (QED) is 0.869. The van der Waals surface area contributed by atoms with Crippen LogP contribution in [0.1, 0.15) is 17.7 Å². The molecular weight excluding hydrogens is 304 g/mol. The zero-order valence-electron chi connectivity index (χ0n) is 8.99. The molecular formula is C11H15BrN2S2. The lowest BCUT2D eigenvalue weighted by Crippen LogP contribution is -2.39. The normalized spacial score (nSPS) is 22.2. The summed E-state index contributed by atoms with van der Waals surface area (Å²) in [7, 11) is 0. The number of halogens is 1. The van der Waals surface area contributed by atoms with Gasteiger partial charge in [-0.25, -0.2) is 0 Å². The van der Waals surface area contributed by atoms with E-state index < -0.39 is 0 Å². The van der Waals surface area contributed by atoms with Gasteiger partial charge in [0.1, 0.15) is 0 Å². The second-order valence-electron chi connectivity index (χ2n) is 4.18. The van der Waals surface area contributed by atoms with Crippen molar-refractivity contribution in [3.05, 3.63) is 20.8 Å². The summed E-state index contributed by atoms with van der Waals surface area (Å²) in [5.74, 6) is 0.409. The van der Waals surface area contributed by atoms with Gasteiger partial charge in [-0.2, -0.15) is 0 Å². The predicted octanol–water partition coefficient (Wildman–Crippen LogP) is 3.01. The van der Waals surface area contributed by atoms with Crippen LogP contribution in [0.2, 0.25) is 0 Å². The van der Waals surface area contributed by atoms with Crippen LogP contribution in [0.25, 0.3) is 0 Å². The molecule has 1 saturated heterocycles. The van der Waals surface area contributed by atoms with Crippen LogP contribution in [-0.2, 0) is 6.54 Å². The molecule has 2 nitrogen and oxygen atoms in total. The van der Waals surface area contributed by atoms with Crippen molar-refractivity contribution in [1.29, 1.82) is 0 Å². The second kappa shape index (κ2) is 5.58. The molecule has 1 aliphatic heterocycles. The Bertz CT molecular complexity index is 378. The molecule has 2 N–H and O–H groups in total. The lowest BCUT2D eigenvalue weighted by atomic mass is 9.98. The highest BCUT2D eigenvalue weighted by Crippen LogP contribution is 2.25. The van der Waals surface area contributed by atoms with Crippen LogP contribution in [0, 0.1) is 5.92 Å². The number of nitrogens with two attached hydrogens (primary N) is 1. The lowest BCUT2D eigenvalue weighted by molar-refractivity contribution is 0.199. The number of likely N-dealkylation sites (tertiary alicyclic amines) is 1. The Labute approximate surface area is 114 Å². The lowest BCUT2D eigenvalue weighted by Gasteiger charge is -2.31. The Morgan fingerprint density at radius 2 is 2.44 bits per heavy atom. The Balaban J connectivity index is 1.92. The molecule has 1 fully saturated rings. The van der Waals surface area contributed by atoms with E-state index in [2.05, 4.69) is 33.0 Å². The SMILES string of the molecule is NC(=S)C1CCCN(Cc2ccc(Br)s2)C1. The van der Waals surface area contributed by atoms with E-state index in [1.807, 2.05) is 0 Å². The van der Waals surface area contributed by atoms with E-state index in [9.17, 15) is 0 Å². The maximum Gasteiger partial charge on any atom is 0.0771 e. The minimum absolute atomic E-state index is 0.409. The summed E-state index contributed by atoms with van der Waals surface area (Å²) in [5.41, 5.74) is 5.73. The van der Waals surface area contributed by atoms with E-state index in [1.165, 1.54) is 15.1 Å². The van der Waals surface area contributed by atoms with Gasteiger partial charge in [0.15, 0.2) is 0 Å². The van der Waals surface area contributed by atoms with E-state index in [0.29, 0.717) is 10.9 Å². The third-order valence-corrected chi connectivity index (χ3v) is 4.86. The summed E-state index contributed by atoms with van der Waals surface area (Å²) < 4.78 is 1.20. The van der Waals surface area contributed by atoms with Crippen molar-refractivity contribution < 1.29 is 0 Å². The number of thiophene rings is 1. The molecule has 1 unspecified atom stereocenters. The highest BCUT2D eigenvalue weighted by atomic mass is 79.9. The molecule has 1 aromatic heterocycles. The van der Waals surface area contributed by atoms with Gasteiger partial charge in [0.05, 0.1) is 8.77 Å². The number of nitrogens with zero attached hydrogens (tertiary/aromatic N) is 1. The van der Waals surface area contributed by atoms with Gasteiger partial charge in [-0.05, 0) is 47.4 Å². The van der Waals surface area contributed by atoms with E-state index in [4.69, 9.17) is 18.0 Å². The highest BCUT2D eigenvalue weighted by Gasteiger charge is 2.21. The largest absolute Gasteiger partial charge is 0.393 e. The molecule has 1 aliphatic rings. The zero-order valence-corrected chi connectivity index (χ0v) is 12.2. The van der Waals surface area contributed by atoms with Crippen LogP contribution < -0.4 is 5.73 Å². The molecule has 88 valence electrons. The van der Waals surface area contributed by atoms with Gasteiger partial charge >= 0.3 is 0 Å². The van der Waals surface area contributed by atoms with Gasteiger partial charge < -0.3 is 5.73 Å². The predicted molar refractivity (Wildman–Crippen MR) is 76.8 cm³/mol. The third-order valence-electron chi connectivity index (χ3n) is 2.92. The minimum Gasteiger partial charge on any atom is -0.393 e. The van der Waals surface area contributed by atoms with Crippen molar-refractivity contribution in [2.24, 2.45) is 11.7 Å². The third kappa shape index (κ3) is 3.26. The Kier molecular flexibility index (Phi) is 4.35. The average molecular weight is 319 g/mol. The fourth-order valence-electron chi connectivity index (χ4n) is 2.09. The van der Waals surface area contributed by atoms with Gasteiger partial charge in [-0.3, -0.25) is 4.90 Å². The summed E-state index contributed by atoms with van der Waals surface area (Å²) in [6.45, 7) is 3.20. The van der Waals surface area contributed by atoms with E-state index in [-0.39, 0.29) is 0 Å². The Morgan fingerprint density at radius 3 is 3.06 bits per heavy atom. The fraction of sp³-hybridized carbons (Fsp3) is 0.545. The maximum atomic E-state index is 5.73. The van der Waals surface area contributed by atoms with Crippen molar-refractivity contribution >= 4 is 44.5 Å². The van der Waals surface area contributed by atoms with Crippen molar-refractivity contribution in [1.82, 2.24) is 4.90 Å².